The van der Waals surface area contributed by atoms with Crippen LogP contribution < -0.4 is 0 Å². The Morgan fingerprint density at radius 1 is 1.36 bits per heavy atom. The molecule has 0 radical (unpaired) electrons. The maximum atomic E-state index is 11.2. The van der Waals surface area contributed by atoms with Gasteiger partial charge in [0.15, 0.2) is 0 Å². The molecule has 0 aromatic heterocycles. The molecule has 1 aliphatic rings. The fourth-order valence-corrected chi connectivity index (χ4v) is 2.22. The molecule has 2 heteroatoms. The number of esters is 1. The quantitative estimate of drug-likeness (QED) is 0.512. The van der Waals surface area contributed by atoms with Crippen molar-refractivity contribution in [2.24, 2.45) is 11.8 Å². The van der Waals surface area contributed by atoms with Crippen molar-refractivity contribution in [3.05, 3.63) is 12.2 Å². The van der Waals surface area contributed by atoms with Gasteiger partial charge >= 0.3 is 5.97 Å². The highest BCUT2D eigenvalue weighted by Gasteiger charge is 2.25. The first-order valence-electron chi connectivity index (χ1n) is 5.46. The van der Waals surface area contributed by atoms with E-state index >= 15 is 0 Å². The van der Waals surface area contributed by atoms with Crippen LogP contribution in [0.15, 0.2) is 12.2 Å². The Morgan fingerprint density at radius 2 is 1.93 bits per heavy atom. The van der Waals surface area contributed by atoms with Gasteiger partial charge in [-0.3, -0.25) is 0 Å². The average molecular weight is 196 g/mol. The van der Waals surface area contributed by atoms with Gasteiger partial charge in [0, 0.05) is 5.57 Å². The molecule has 0 aliphatic heterocycles. The Kier molecular flexibility index (Phi) is 4.18. The lowest BCUT2D eigenvalue weighted by Gasteiger charge is -2.28. The summed E-state index contributed by atoms with van der Waals surface area (Å²) in [7, 11) is 1.42. The molecule has 0 N–H and O–H groups in total. The predicted molar refractivity (Wildman–Crippen MR) is 56.9 cm³/mol. The highest BCUT2D eigenvalue weighted by atomic mass is 16.5. The van der Waals surface area contributed by atoms with E-state index in [4.69, 9.17) is 0 Å². The Balaban J connectivity index is 2.41. The minimum atomic E-state index is -0.232. The number of methoxy groups -OCH3 is 1. The van der Waals surface area contributed by atoms with Gasteiger partial charge in [0.05, 0.1) is 7.11 Å². The van der Waals surface area contributed by atoms with E-state index in [2.05, 4.69) is 18.2 Å². The summed E-state index contributed by atoms with van der Waals surface area (Å²) in [5.41, 5.74) is 0.669. The lowest BCUT2D eigenvalue weighted by molar-refractivity contribution is -0.136. The zero-order valence-electron chi connectivity index (χ0n) is 9.21. The number of carbonyl (C=O) groups excluding carboxylic acids is 1. The van der Waals surface area contributed by atoms with Crippen molar-refractivity contribution in [1.29, 1.82) is 0 Å². The normalized spacial score (nSPS) is 27.0. The van der Waals surface area contributed by atoms with E-state index in [0.29, 0.717) is 11.5 Å². The van der Waals surface area contributed by atoms with Crippen LogP contribution in [0.25, 0.3) is 0 Å². The molecule has 0 saturated heterocycles. The molecular formula is C12H20O2. The molecular weight excluding hydrogens is 176 g/mol. The molecule has 0 bridgehead atoms. The molecule has 1 fully saturated rings. The lowest BCUT2D eigenvalue weighted by atomic mass is 9.78. The molecule has 1 saturated carbocycles. The van der Waals surface area contributed by atoms with Crippen LogP contribution in [0.3, 0.4) is 0 Å². The van der Waals surface area contributed by atoms with Crippen molar-refractivity contribution in [2.75, 3.05) is 7.11 Å². The van der Waals surface area contributed by atoms with Crippen LogP contribution >= 0.6 is 0 Å². The second-order valence-electron chi connectivity index (χ2n) is 4.14. The summed E-state index contributed by atoms with van der Waals surface area (Å²) in [6.07, 6.45) is 5.94. The van der Waals surface area contributed by atoms with Crippen LogP contribution in [0, 0.1) is 11.8 Å². The maximum absolute atomic E-state index is 11.2. The molecule has 0 aromatic rings. The van der Waals surface area contributed by atoms with Crippen molar-refractivity contribution in [1.82, 2.24) is 0 Å². The first kappa shape index (κ1) is 11.3. The van der Waals surface area contributed by atoms with Gasteiger partial charge in [-0.1, -0.05) is 19.9 Å². The first-order valence-corrected chi connectivity index (χ1v) is 5.46. The average Bonchev–Trinajstić information content (AvgIpc) is 2.27. The van der Waals surface area contributed by atoms with Crippen LogP contribution in [-0.2, 0) is 9.53 Å². The van der Waals surface area contributed by atoms with Crippen molar-refractivity contribution >= 4 is 5.97 Å². The first-order chi connectivity index (χ1) is 6.69. The van der Waals surface area contributed by atoms with Crippen molar-refractivity contribution in [3.63, 3.8) is 0 Å². The SMILES string of the molecule is C=C(C(=O)OC)C1CCC(CC)CC1. The highest BCUT2D eigenvalue weighted by Crippen LogP contribution is 2.34. The van der Waals surface area contributed by atoms with Crippen molar-refractivity contribution < 1.29 is 9.53 Å². The molecule has 0 spiro atoms. The van der Waals surface area contributed by atoms with Crippen LogP contribution in [0.1, 0.15) is 39.0 Å². The topological polar surface area (TPSA) is 26.3 Å². The molecule has 2 nitrogen and oxygen atoms in total. The Bertz CT molecular complexity index is 212. The summed E-state index contributed by atoms with van der Waals surface area (Å²) in [6, 6.07) is 0. The van der Waals surface area contributed by atoms with Crippen LogP contribution in [0.2, 0.25) is 0 Å². The van der Waals surface area contributed by atoms with E-state index in [1.54, 1.807) is 0 Å². The highest BCUT2D eigenvalue weighted by molar-refractivity contribution is 5.88. The van der Waals surface area contributed by atoms with Gasteiger partial charge < -0.3 is 4.74 Å². The van der Waals surface area contributed by atoms with Crippen LogP contribution in [0.5, 0.6) is 0 Å². The van der Waals surface area contributed by atoms with Gasteiger partial charge in [-0.2, -0.15) is 0 Å². The van der Waals surface area contributed by atoms with Gasteiger partial charge in [0.1, 0.15) is 0 Å². The molecule has 1 rings (SSSR count). The van der Waals surface area contributed by atoms with E-state index in [9.17, 15) is 4.79 Å². The number of carbonyl (C=O) groups is 1. The maximum Gasteiger partial charge on any atom is 0.333 e. The van der Waals surface area contributed by atoms with Crippen LogP contribution in [0.4, 0.5) is 0 Å². The molecule has 1 aliphatic carbocycles. The molecule has 0 amide bonds. The predicted octanol–water partition coefficient (Wildman–Crippen LogP) is 2.93. The third-order valence-corrected chi connectivity index (χ3v) is 3.36. The number of hydrogen-bond acceptors (Lipinski definition) is 2. The standard InChI is InChI=1S/C12H20O2/c1-4-10-5-7-11(8-6-10)9(2)12(13)14-3/h10-11H,2,4-8H2,1,3H3. The molecule has 0 unspecified atom stereocenters. The van der Waals surface area contributed by atoms with Crippen LogP contribution in [-0.4, -0.2) is 13.1 Å². The summed E-state index contributed by atoms with van der Waals surface area (Å²) < 4.78 is 4.68. The molecule has 0 heterocycles. The summed E-state index contributed by atoms with van der Waals surface area (Å²) >= 11 is 0. The number of hydrogen-bond donors (Lipinski definition) is 0. The molecule has 14 heavy (non-hydrogen) atoms. The second-order valence-corrected chi connectivity index (χ2v) is 4.14. The molecule has 0 atom stereocenters. The van der Waals surface area contributed by atoms with Crippen molar-refractivity contribution in [2.45, 2.75) is 39.0 Å². The third kappa shape index (κ3) is 2.60. The van der Waals surface area contributed by atoms with Gasteiger partial charge in [0.2, 0.25) is 0 Å². The number of ether oxygens (including phenoxy) is 1. The Hall–Kier alpha value is -0.790. The van der Waals surface area contributed by atoms with Gasteiger partial charge in [-0.25, -0.2) is 4.79 Å². The zero-order chi connectivity index (χ0) is 10.6. The van der Waals surface area contributed by atoms with E-state index in [0.717, 1.165) is 18.8 Å². The number of rotatable bonds is 3. The monoisotopic (exact) mass is 196 g/mol. The Morgan fingerprint density at radius 3 is 2.36 bits per heavy atom. The van der Waals surface area contributed by atoms with E-state index < -0.39 is 0 Å². The summed E-state index contributed by atoms with van der Waals surface area (Å²) in [5, 5.41) is 0. The molecule has 80 valence electrons. The van der Waals surface area contributed by atoms with Gasteiger partial charge in [0.25, 0.3) is 0 Å². The summed E-state index contributed by atoms with van der Waals surface area (Å²) in [5.74, 6) is 0.992. The van der Waals surface area contributed by atoms with E-state index in [1.165, 1.54) is 26.4 Å². The zero-order valence-corrected chi connectivity index (χ0v) is 9.21. The smallest absolute Gasteiger partial charge is 0.333 e. The van der Waals surface area contributed by atoms with Crippen molar-refractivity contribution in [3.8, 4) is 0 Å². The minimum absolute atomic E-state index is 0.232. The second kappa shape index (κ2) is 5.18. The Labute approximate surface area is 86.3 Å². The lowest BCUT2D eigenvalue weighted by Crippen LogP contribution is -2.20. The van der Waals surface area contributed by atoms with Gasteiger partial charge in [-0.15, -0.1) is 0 Å². The van der Waals surface area contributed by atoms with E-state index in [1.807, 2.05) is 0 Å². The molecule has 0 aromatic carbocycles. The van der Waals surface area contributed by atoms with Gasteiger partial charge in [-0.05, 0) is 37.5 Å². The minimum Gasteiger partial charge on any atom is -0.466 e. The summed E-state index contributed by atoms with van der Waals surface area (Å²) in [4.78, 5) is 11.2. The largest absolute Gasteiger partial charge is 0.466 e. The fraction of sp³-hybridized carbons (Fsp3) is 0.750. The summed E-state index contributed by atoms with van der Waals surface area (Å²) in [6.45, 7) is 6.06. The fourth-order valence-electron chi connectivity index (χ4n) is 2.22. The third-order valence-electron chi connectivity index (χ3n) is 3.36. The van der Waals surface area contributed by atoms with E-state index in [-0.39, 0.29) is 5.97 Å².